The molecule has 7 nitrogen and oxygen atoms in total. The number of sulfonamides is 1. The van der Waals surface area contributed by atoms with E-state index in [1.807, 2.05) is 0 Å². The normalized spacial score (nSPS) is 15.4. The zero-order valence-corrected chi connectivity index (χ0v) is 23.5. The summed E-state index contributed by atoms with van der Waals surface area (Å²) in [6.07, 6.45) is 3.72. The lowest BCUT2D eigenvalue weighted by Gasteiger charge is -2.23. The largest absolute Gasteiger partial charge is 0.376 e. The highest BCUT2D eigenvalue weighted by Crippen LogP contribution is 2.35. The number of hydrogen-bond donors (Lipinski definition) is 1. The van der Waals surface area contributed by atoms with Gasteiger partial charge in [-0.15, -0.1) is 0 Å². The van der Waals surface area contributed by atoms with Crippen LogP contribution in [-0.2, 0) is 52.0 Å². The molecule has 0 unspecified atom stereocenters. The molecule has 8 heteroatoms. The molecule has 202 valence electrons. The number of nitrogens with zero attached hydrogens (tertiary/aromatic N) is 2. The van der Waals surface area contributed by atoms with E-state index < -0.39 is 15.9 Å². The van der Waals surface area contributed by atoms with Crippen molar-refractivity contribution in [2.45, 2.75) is 89.8 Å². The first-order valence-corrected chi connectivity index (χ1v) is 15.1. The fraction of sp³-hybridized carbons (Fsp3) is 0.467. The van der Waals surface area contributed by atoms with Crippen LogP contribution in [0.15, 0.2) is 41.4 Å². The summed E-state index contributed by atoms with van der Waals surface area (Å²) in [5, 5.41) is 4.17. The lowest BCUT2D eigenvalue weighted by atomic mass is 9.83. The number of carbonyl (C=O) groups excluding carboxylic acids is 1. The van der Waals surface area contributed by atoms with E-state index in [1.54, 1.807) is 10.7 Å². The van der Waals surface area contributed by atoms with Crippen LogP contribution in [0.5, 0.6) is 0 Å². The number of nitrogens with one attached hydrogen (secondary N) is 1. The Kier molecular flexibility index (Phi) is 7.47. The third-order valence-corrected chi connectivity index (χ3v) is 8.88. The van der Waals surface area contributed by atoms with E-state index >= 15 is 0 Å². The van der Waals surface area contributed by atoms with Crippen molar-refractivity contribution in [1.82, 2.24) is 14.5 Å². The molecular weight excluding hydrogens is 498 g/mol. The highest BCUT2D eigenvalue weighted by molar-refractivity contribution is 7.90. The van der Waals surface area contributed by atoms with E-state index in [4.69, 9.17) is 4.74 Å². The Morgan fingerprint density at radius 3 is 2.39 bits per heavy atom. The highest BCUT2D eigenvalue weighted by atomic mass is 32.2. The summed E-state index contributed by atoms with van der Waals surface area (Å²) in [5.41, 5.74) is 8.71. The Balaban J connectivity index is 1.45. The number of carbonyl (C=O) groups is 1. The van der Waals surface area contributed by atoms with Crippen molar-refractivity contribution in [3.8, 4) is 11.1 Å². The second-order valence-electron chi connectivity index (χ2n) is 11.1. The second kappa shape index (κ2) is 10.7. The van der Waals surface area contributed by atoms with Crippen molar-refractivity contribution < 1.29 is 17.9 Å². The van der Waals surface area contributed by atoms with Crippen LogP contribution in [0.1, 0.15) is 85.9 Å². The molecule has 0 aliphatic carbocycles. The van der Waals surface area contributed by atoms with Crippen LogP contribution < -0.4 is 4.72 Å². The Labute approximate surface area is 225 Å². The van der Waals surface area contributed by atoms with Gasteiger partial charge in [0, 0.05) is 18.3 Å². The van der Waals surface area contributed by atoms with Gasteiger partial charge in [0.2, 0.25) is 5.91 Å². The van der Waals surface area contributed by atoms with E-state index in [0.717, 1.165) is 65.8 Å². The van der Waals surface area contributed by atoms with Gasteiger partial charge in [0.05, 0.1) is 19.6 Å². The van der Waals surface area contributed by atoms with Gasteiger partial charge in [0.1, 0.15) is 0 Å². The van der Waals surface area contributed by atoms with E-state index in [-0.39, 0.29) is 23.3 Å². The maximum atomic E-state index is 13.2. The Morgan fingerprint density at radius 1 is 0.974 bits per heavy atom. The summed E-state index contributed by atoms with van der Waals surface area (Å²) in [4.78, 5) is 13.2. The maximum Gasteiger partial charge on any atom is 0.283 e. The quantitative estimate of drug-likeness (QED) is 0.446. The molecular formula is C30H37N3O4S. The molecule has 3 aromatic rings. The van der Waals surface area contributed by atoms with Crippen molar-refractivity contribution in [3.05, 3.63) is 69.9 Å². The van der Waals surface area contributed by atoms with Crippen LogP contribution in [0, 0.1) is 0 Å². The molecule has 1 aromatic heterocycles. The molecule has 0 saturated heterocycles. The predicted octanol–water partition coefficient (Wildman–Crippen LogP) is 5.25. The maximum absolute atomic E-state index is 13.2. The fourth-order valence-electron chi connectivity index (χ4n) is 5.59. The number of aromatic nitrogens is 2. The molecule has 38 heavy (non-hydrogen) atoms. The smallest absolute Gasteiger partial charge is 0.283 e. The third kappa shape index (κ3) is 5.43. The minimum atomic E-state index is -4.04. The van der Waals surface area contributed by atoms with E-state index in [9.17, 15) is 13.2 Å². The van der Waals surface area contributed by atoms with Crippen LogP contribution in [0.3, 0.4) is 0 Å². The molecule has 0 fully saturated rings. The molecule has 3 heterocycles. The standard InChI is InChI=1S/C30H37N3O4S/c1-19(2)26-14-23(22-9-8-21-10-12-37-18-24(21)13-22)15-27(20(3)4)28(26)17-29(34)32-38(35,36)30-16-25-7-5-6-11-33(25)31-30/h8-9,13-16,19-20H,5-7,10-12,17-18H2,1-4H3,(H,32,34). The fourth-order valence-corrected chi connectivity index (χ4v) is 6.56. The number of amides is 1. The highest BCUT2D eigenvalue weighted by Gasteiger charge is 2.26. The zero-order chi connectivity index (χ0) is 27.0. The molecule has 2 aliphatic rings. The molecule has 2 aliphatic heterocycles. The predicted molar refractivity (Wildman–Crippen MR) is 148 cm³/mol. The zero-order valence-electron chi connectivity index (χ0n) is 22.7. The number of hydrogen-bond acceptors (Lipinski definition) is 5. The van der Waals surface area contributed by atoms with Crippen LogP contribution in [0.2, 0.25) is 0 Å². The second-order valence-corrected chi connectivity index (χ2v) is 12.7. The minimum Gasteiger partial charge on any atom is -0.376 e. The summed E-state index contributed by atoms with van der Waals surface area (Å²) in [5.74, 6) is -0.223. The first kappa shape index (κ1) is 26.6. The van der Waals surface area contributed by atoms with Gasteiger partial charge in [-0.25, -0.2) is 4.72 Å². The average Bonchev–Trinajstić information content (AvgIpc) is 3.33. The summed E-state index contributed by atoms with van der Waals surface area (Å²) < 4.78 is 35.7. The van der Waals surface area contributed by atoms with Crippen molar-refractivity contribution in [2.24, 2.45) is 0 Å². The molecule has 0 spiro atoms. The van der Waals surface area contributed by atoms with E-state index in [2.05, 4.69) is 67.8 Å². The molecule has 0 bridgehead atoms. The number of aryl methyl sites for hydroxylation is 2. The van der Waals surface area contributed by atoms with Gasteiger partial charge in [0.25, 0.3) is 10.0 Å². The average molecular weight is 536 g/mol. The lowest BCUT2D eigenvalue weighted by molar-refractivity contribution is -0.118. The van der Waals surface area contributed by atoms with E-state index in [1.165, 1.54) is 11.1 Å². The Morgan fingerprint density at radius 2 is 1.71 bits per heavy atom. The number of benzene rings is 2. The van der Waals surface area contributed by atoms with Crippen LogP contribution >= 0.6 is 0 Å². The summed E-state index contributed by atoms with van der Waals surface area (Å²) in [6.45, 7) is 10.5. The first-order valence-electron chi connectivity index (χ1n) is 13.6. The Bertz CT molecular complexity index is 1420. The monoisotopic (exact) mass is 535 g/mol. The van der Waals surface area contributed by atoms with Gasteiger partial charge < -0.3 is 4.74 Å². The van der Waals surface area contributed by atoms with Crippen molar-refractivity contribution in [2.75, 3.05) is 6.61 Å². The van der Waals surface area contributed by atoms with Gasteiger partial charge in [-0.3, -0.25) is 9.48 Å². The van der Waals surface area contributed by atoms with Gasteiger partial charge in [0.15, 0.2) is 5.03 Å². The lowest BCUT2D eigenvalue weighted by Crippen LogP contribution is -2.32. The van der Waals surface area contributed by atoms with Crippen molar-refractivity contribution in [1.29, 1.82) is 0 Å². The summed E-state index contributed by atoms with van der Waals surface area (Å²) in [6, 6.07) is 12.5. The van der Waals surface area contributed by atoms with Crippen LogP contribution in [0.4, 0.5) is 0 Å². The molecule has 0 atom stereocenters. The molecule has 5 rings (SSSR count). The van der Waals surface area contributed by atoms with Gasteiger partial charge >= 0.3 is 0 Å². The van der Waals surface area contributed by atoms with Crippen LogP contribution in [-0.4, -0.2) is 30.7 Å². The first-order chi connectivity index (χ1) is 18.1. The molecule has 0 radical (unpaired) electrons. The number of ether oxygens (including phenoxy) is 1. The summed E-state index contributed by atoms with van der Waals surface area (Å²) >= 11 is 0. The Hall–Kier alpha value is -2.97. The molecule has 1 N–H and O–H groups in total. The SMILES string of the molecule is CC(C)c1cc(-c2ccc3c(c2)COCC3)cc(C(C)C)c1CC(=O)NS(=O)(=O)c1cc2n(n1)CCCC2. The molecule has 0 saturated carbocycles. The van der Waals surface area contributed by atoms with Crippen molar-refractivity contribution >= 4 is 15.9 Å². The molecule has 1 amide bonds. The van der Waals surface area contributed by atoms with Gasteiger partial charge in [-0.2, -0.15) is 13.5 Å². The van der Waals surface area contributed by atoms with Gasteiger partial charge in [-0.1, -0.05) is 52.0 Å². The van der Waals surface area contributed by atoms with Crippen LogP contribution in [0.25, 0.3) is 11.1 Å². The third-order valence-electron chi connectivity index (χ3n) is 7.63. The number of fused-ring (bicyclic) bond motifs is 2. The van der Waals surface area contributed by atoms with E-state index in [0.29, 0.717) is 13.2 Å². The summed E-state index contributed by atoms with van der Waals surface area (Å²) in [7, 11) is -4.04. The van der Waals surface area contributed by atoms with Crippen molar-refractivity contribution in [3.63, 3.8) is 0 Å². The van der Waals surface area contributed by atoms with Gasteiger partial charge in [-0.05, 0) is 82.5 Å². The minimum absolute atomic E-state index is 0.00781. The molecule has 2 aromatic carbocycles. The number of rotatable bonds is 7. The topological polar surface area (TPSA) is 90.3 Å².